The van der Waals surface area contributed by atoms with Crippen LogP contribution in [0.3, 0.4) is 0 Å². The average molecular weight is 482 g/mol. The van der Waals surface area contributed by atoms with Crippen molar-refractivity contribution < 1.29 is 34.5 Å². The molecular formula is C22H35N5O7. The molecule has 0 spiro atoms. The Morgan fingerprint density at radius 1 is 0.941 bits per heavy atom. The number of nitrogens with two attached hydrogens (primary N) is 2. The molecule has 0 saturated heterocycles. The zero-order chi connectivity index (χ0) is 25.7. The highest BCUT2D eigenvalue weighted by atomic mass is 16.4. The number of aliphatic hydroxyl groups excluding tert-OH is 2. The maximum Gasteiger partial charge on any atom is 0.328 e. The lowest BCUT2D eigenvalue weighted by molar-refractivity contribution is -0.145. The molecule has 0 aliphatic heterocycles. The van der Waals surface area contributed by atoms with Crippen molar-refractivity contribution in [3.63, 3.8) is 0 Å². The van der Waals surface area contributed by atoms with Gasteiger partial charge >= 0.3 is 5.97 Å². The lowest BCUT2D eigenvalue weighted by atomic mass is 10.0. The molecule has 0 aromatic heterocycles. The van der Waals surface area contributed by atoms with Crippen LogP contribution >= 0.6 is 0 Å². The van der Waals surface area contributed by atoms with Gasteiger partial charge in [-0.2, -0.15) is 0 Å². The zero-order valence-electron chi connectivity index (χ0n) is 19.1. The minimum Gasteiger partial charge on any atom is -0.480 e. The minimum absolute atomic E-state index is 0.206. The lowest BCUT2D eigenvalue weighted by Gasteiger charge is -2.25. The summed E-state index contributed by atoms with van der Waals surface area (Å²) >= 11 is 0. The molecule has 3 amide bonds. The third-order valence-corrected chi connectivity index (χ3v) is 5.08. The van der Waals surface area contributed by atoms with Crippen LogP contribution < -0.4 is 27.4 Å². The molecule has 10 N–H and O–H groups in total. The highest BCUT2D eigenvalue weighted by Gasteiger charge is 2.31. The summed E-state index contributed by atoms with van der Waals surface area (Å²) in [6.45, 7) is 0.724. The van der Waals surface area contributed by atoms with Crippen molar-refractivity contribution in [1.29, 1.82) is 0 Å². The highest BCUT2D eigenvalue weighted by Crippen LogP contribution is 2.05. The monoisotopic (exact) mass is 481 g/mol. The Morgan fingerprint density at radius 3 is 2.06 bits per heavy atom. The van der Waals surface area contributed by atoms with Gasteiger partial charge in [-0.25, -0.2) is 4.79 Å². The second-order valence-corrected chi connectivity index (χ2v) is 7.95. The summed E-state index contributed by atoms with van der Waals surface area (Å²) < 4.78 is 0. The van der Waals surface area contributed by atoms with Crippen LogP contribution in [0, 0.1) is 0 Å². The number of carboxylic acid groups (broad SMARTS) is 1. The van der Waals surface area contributed by atoms with Crippen molar-refractivity contribution in [1.82, 2.24) is 16.0 Å². The fraction of sp³-hybridized carbons (Fsp3) is 0.545. The largest absolute Gasteiger partial charge is 0.480 e. The molecule has 5 unspecified atom stereocenters. The van der Waals surface area contributed by atoms with Crippen molar-refractivity contribution in [2.75, 3.05) is 13.2 Å². The molecule has 0 aliphatic carbocycles. The van der Waals surface area contributed by atoms with Gasteiger partial charge in [-0.15, -0.1) is 0 Å². The number of hydrogen-bond acceptors (Lipinski definition) is 8. The van der Waals surface area contributed by atoms with Crippen LogP contribution in [0.2, 0.25) is 0 Å². The number of aliphatic carboxylic acids is 1. The molecular weight excluding hydrogens is 446 g/mol. The molecule has 12 heteroatoms. The number of carboxylic acids is 1. The Kier molecular flexibility index (Phi) is 12.7. The van der Waals surface area contributed by atoms with Gasteiger partial charge < -0.3 is 42.7 Å². The van der Waals surface area contributed by atoms with Gasteiger partial charge in [-0.05, 0) is 44.7 Å². The van der Waals surface area contributed by atoms with Gasteiger partial charge in [0.1, 0.15) is 12.1 Å². The highest BCUT2D eigenvalue weighted by molar-refractivity contribution is 5.94. The number of nitrogens with one attached hydrogen (secondary N) is 3. The topological polar surface area (TPSA) is 217 Å². The van der Waals surface area contributed by atoms with Gasteiger partial charge in [0.15, 0.2) is 6.04 Å². The molecule has 0 radical (unpaired) electrons. The molecule has 0 saturated carbocycles. The second-order valence-electron chi connectivity index (χ2n) is 7.95. The summed E-state index contributed by atoms with van der Waals surface area (Å²) in [7, 11) is 0. The van der Waals surface area contributed by atoms with Crippen LogP contribution in [0.5, 0.6) is 0 Å². The molecule has 1 rings (SSSR count). The van der Waals surface area contributed by atoms with E-state index >= 15 is 0 Å². The van der Waals surface area contributed by atoms with Gasteiger partial charge in [0.2, 0.25) is 17.7 Å². The number of benzene rings is 1. The van der Waals surface area contributed by atoms with Crippen LogP contribution in [0.4, 0.5) is 0 Å². The fourth-order valence-electron chi connectivity index (χ4n) is 3.11. The first-order valence-electron chi connectivity index (χ1n) is 11.0. The third kappa shape index (κ3) is 9.83. The molecule has 1 aromatic carbocycles. The van der Waals surface area contributed by atoms with E-state index in [0.29, 0.717) is 19.4 Å². The lowest BCUT2D eigenvalue weighted by Crippen LogP contribution is -2.59. The van der Waals surface area contributed by atoms with E-state index in [1.165, 1.54) is 6.92 Å². The van der Waals surface area contributed by atoms with Crippen LogP contribution in [0.15, 0.2) is 30.3 Å². The van der Waals surface area contributed by atoms with E-state index in [2.05, 4.69) is 16.0 Å². The van der Waals surface area contributed by atoms with Crippen LogP contribution in [-0.4, -0.2) is 82.4 Å². The van der Waals surface area contributed by atoms with E-state index in [1.54, 1.807) is 0 Å². The molecule has 0 fully saturated rings. The second kappa shape index (κ2) is 15.0. The predicted octanol–water partition coefficient (Wildman–Crippen LogP) is -2.40. The number of rotatable bonds is 15. The van der Waals surface area contributed by atoms with Gasteiger partial charge in [-0.3, -0.25) is 14.4 Å². The van der Waals surface area contributed by atoms with Gasteiger partial charge in [0.05, 0.1) is 18.8 Å². The van der Waals surface area contributed by atoms with E-state index < -0.39 is 60.6 Å². The van der Waals surface area contributed by atoms with Crippen molar-refractivity contribution in [2.24, 2.45) is 11.5 Å². The normalized spacial score (nSPS) is 15.3. The zero-order valence-corrected chi connectivity index (χ0v) is 19.1. The number of amides is 3. The first-order chi connectivity index (χ1) is 16.1. The Bertz CT molecular complexity index is 806. The Balaban J connectivity index is 2.85. The summed E-state index contributed by atoms with van der Waals surface area (Å²) in [5.41, 5.74) is 12.3. The standard InChI is InChI=1S/C22H35N5O7/c1-13(29)18(22(33)34)27-21(32)17(12-28)26-20(31)16(9-5-6-10-23)25-19(30)15(24)11-14-7-3-2-4-8-14/h2-4,7-8,13,15-18,28-29H,5-6,9-12,23-24H2,1H3,(H,25,30)(H,26,31)(H,27,32)(H,33,34). The Morgan fingerprint density at radius 2 is 1.53 bits per heavy atom. The molecule has 0 bridgehead atoms. The van der Waals surface area contributed by atoms with Gasteiger partial charge in [-0.1, -0.05) is 30.3 Å². The van der Waals surface area contributed by atoms with E-state index in [0.717, 1.165) is 5.56 Å². The maximum atomic E-state index is 12.8. The molecule has 0 heterocycles. The number of carbonyl (C=O) groups is 4. The minimum atomic E-state index is -1.63. The fourth-order valence-corrected chi connectivity index (χ4v) is 3.11. The number of aliphatic hydroxyl groups is 2. The summed E-state index contributed by atoms with van der Waals surface area (Å²) in [5.74, 6) is -3.81. The SMILES string of the molecule is CC(O)C(NC(=O)C(CO)NC(=O)C(CCCCN)NC(=O)C(N)Cc1ccccc1)C(=O)O. The molecule has 0 aliphatic rings. The molecule has 34 heavy (non-hydrogen) atoms. The summed E-state index contributed by atoms with van der Waals surface area (Å²) in [4.78, 5) is 49.0. The molecule has 12 nitrogen and oxygen atoms in total. The van der Waals surface area contributed by atoms with Gasteiger partial charge in [0.25, 0.3) is 0 Å². The van der Waals surface area contributed by atoms with Gasteiger partial charge in [0, 0.05) is 0 Å². The first kappa shape index (κ1) is 29.0. The predicted molar refractivity (Wildman–Crippen MR) is 123 cm³/mol. The maximum absolute atomic E-state index is 12.8. The van der Waals surface area contributed by atoms with Crippen LogP contribution in [0.25, 0.3) is 0 Å². The first-order valence-corrected chi connectivity index (χ1v) is 11.0. The summed E-state index contributed by atoms with van der Waals surface area (Å²) in [6, 6.07) is 3.99. The van der Waals surface area contributed by atoms with E-state index in [1.807, 2.05) is 30.3 Å². The number of hydrogen-bond donors (Lipinski definition) is 8. The van der Waals surface area contributed by atoms with E-state index in [9.17, 15) is 29.4 Å². The van der Waals surface area contributed by atoms with Crippen molar-refractivity contribution in [3.8, 4) is 0 Å². The van der Waals surface area contributed by atoms with Crippen LogP contribution in [0.1, 0.15) is 31.7 Å². The summed E-state index contributed by atoms with van der Waals surface area (Å²) in [6.07, 6.45) is 0.140. The third-order valence-electron chi connectivity index (χ3n) is 5.08. The summed E-state index contributed by atoms with van der Waals surface area (Å²) in [5, 5.41) is 35.1. The van der Waals surface area contributed by atoms with Crippen molar-refractivity contribution in [3.05, 3.63) is 35.9 Å². The smallest absolute Gasteiger partial charge is 0.328 e. The quantitative estimate of drug-likeness (QED) is 0.125. The van der Waals surface area contributed by atoms with E-state index in [-0.39, 0.29) is 12.8 Å². The average Bonchev–Trinajstić information content (AvgIpc) is 2.80. The number of unbranched alkanes of at least 4 members (excludes halogenated alkanes) is 1. The van der Waals surface area contributed by atoms with Crippen molar-refractivity contribution in [2.45, 2.75) is 62.9 Å². The number of carbonyl (C=O) groups excluding carboxylic acids is 3. The Labute approximate surface area is 198 Å². The molecule has 5 atom stereocenters. The molecule has 190 valence electrons. The Hall–Kier alpha value is -3.06. The van der Waals surface area contributed by atoms with Crippen LogP contribution in [-0.2, 0) is 25.6 Å². The van der Waals surface area contributed by atoms with Crippen molar-refractivity contribution >= 4 is 23.7 Å². The molecule has 1 aromatic rings. The van der Waals surface area contributed by atoms with E-state index in [4.69, 9.17) is 16.6 Å².